The highest BCUT2D eigenvalue weighted by Crippen LogP contribution is 2.41. The predicted octanol–water partition coefficient (Wildman–Crippen LogP) is 2.35. The zero-order chi connectivity index (χ0) is 13.5. The SMILES string of the molecule is Cc1ccnc(N2C3CCC2CC(n2cccn2)C3)n1. The summed E-state index contributed by atoms with van der Waals surface area (Å²) in [6, 6.07) is 5.62. The van der Waals surface area contributed by atoms with Crippen molar-refractivity contribution in [2.75, 3.05) is 4.90 Å². The fraction of sp³-hybridized carbons (Fsp3) is 0.533. The highest BCUT2D eigenvalue weighted by Gasteiger charge is 2.42. The van der Waals surface area contributed by atoms with Gasteiger partial charge in [0.15, 0.2) is 0 Å². The molecular weight excluding hydrogens is 250 g/mol. The summed E-state index contributed by atoms with van der Waals surface area (Å²) in [5.41, 5.74) is 1.04. The van der Waals surface area contributed by atoms with Gasteiger partial charge in [-0.15, -0.1) is 0 Å². The van der Waals surface area contributed by atoms with E-state index in [9.17, 15) is 0 Å². The number of hydrogen-bond acceptors (Lipinski definition) is 4. The van der Waals surface area contributed by atoms with Crippen LogP contribution in [0, 0.1) is 6.92 Å². The molecule has 20 heavy (non-hydrogen) atoms. The molecule has 2 saturated heterocycles. The second-order valence-corrected chi connectivity index (χ2v) is 5.90. The van der Waals surface area contributed by atoms with Crippen molar-refractivity contribution in [1.82, 2.24) is 19.7 Å². The minimum atomic E-state index is 0.531. The third-order valence-corrected chi connectivity index (χ3v) is 4.62. The Hall–Kier alpha value is -1.91. The van der Waals surface area contributed by atoms with Crippen LogP contribution in [-0.4, -0.2) is 31.8 Å². The summed E-state index contributed by atoms with van der Waals surface area (Å²) in [6.45, 7) is 2.03. The van der Waals surface area contributed by atoms with Crippen molar-refractivity contribution in [3.05, 3.63) is 36.4 Å². The van der Waals surface area contributed by atoms with Crippen LogP contribution in [0.2, 0.25) is 0 Å². The first-order valence-corrected chi connectivity index (χ1v) is 7.38. The van der Waals surface area contributed by atoms with Crippen LogP contribution in [0.25, 0.3) is 0 Å². The molecule has 104 valence electrons. The van der Waals surface area contributed by atoms with Gasteiger partial charge in [-0.05, 0) is 44.7 Å². The Morgan fingerprint density at radius 1 is 1.10 bits per heavy atom. The molecule has 2 fully saturated rings. The van der Waals surface area contributed by atoms with Crippen molar-refractivity contribution in [1.29, 1.82) is 0 Å². The molecule has 2 atom stereocenters. The van der Waals surface area contributed by atoms with Crippen LogP contribution in [0.1, 0.15) is 37.4 Å². The number of hydrogen-bond donors (Lipinski definition) is 0. The summed E-state index contributed by atoms with van der Waals surface area (Å²) >= 11 is 0. The van der Waals surface area contributed by atoms with Gasteiger partial charge in [-0.1, -0.05) is 0 Å². The van der Waals surface area contributed by atoms with Gasteiger partial charge in [0.1, 0.15) is 0 Å². The number of rotatable bonds is 2. The van der Waals surface area contributed by atoms with Crippen LogP contribution in [0.5, 0.6) is 0 Å². The lowest BCUT2D eigenvalue weighted by molar-refractivity contribution is 0.312. The normalized spacial score (nSPS) is 28.9. The van der Waals surface area contributed by atoms with Gasteiger partial charge >= 0.3 is 0 Å². The standard InChI is InChI=1S/C15H19N5/c1-11-5-7-16-15(18-11)20-12-3-4-13(20)10-14(9-12)19-8-2-6-17-19/h2,5-8,12-14H,3-4,9-10H2,1H3. The Morgan fingerprint density at radius 2 is 1.90 bits per heavy atom. The molecule has 0 aromatic carbocycles. The number of aryl methyl sites for hydroxylation is 1. The van der Waals surface area contributed by atoms with E-state index in [1.807, 2.05) is 31.5 Å². The molecule has 2 bridgehead atoms. The van der Waals surface area contributed by atoms with E-state index >= 15 is 0 Å². The minimum Gasteiger partial charge on any atom is -0.335 e. The van der Waals surface area contributed by atoms with E-state index in [0.29, 0.717) is 18.1 Å². The van der Waals surface area contributed by atoms with Crippen molar-refractivity contribution in [2.24, 2.45) is 0 Å². The van der Waals surface area contributed by atoms with Gasteiger partial charge in [0.25, 0.3) is 0 Å². The molecule has 5 heteroatoms. The number of aromatic nitrogens is 4. The van der Waals surface area contributed by atoms with Crippen molar-refractivity contribution >= 4 is 5.95 Å². The molecule has 0 saturated carbocycles. The van der Waals surface area contributed by atoms with Gasteiger partial charge in [-0.3, -0.25) is 4.68 Å². The van der Waals surface area contributed by atoms with E-state index in [4.69, 9.17) is 0 Å². The van der Waals surface area contributed by atoms with E-state index in [-0.39, 0.29) is 0 Å². The average Bonchev–Trinajstić information content (AvgIpc) is 3.06. The van der Waals surface area contributed by atoms with E-state index < -0.39 is 0 Å². The van der Waals surface area contributed by atoms with Crippen molar-refractivity contribution < 1.29 is 0 Å². The largest absolute Gasteiger partial charge is 0.335 e. The van der Waals surface area contributed by atoms with Gasteiger partial charge in [-0.25, -0.2) is 9.97 Å². The third kappa shape index (κ3) is 1.88. The summed E-state index contributed by atoms with van der Waals surface area (Å²) in [6.07, 6.45) is 10.6. The monoisotopic (exact) mass is 269 g/mol. The predicted molar refractivity (Wildman–Crippen MR) is 76.6 cm³/mol. The number of piperidine rings is 1. The summed E-state index contributed by atoms with van der Waals surface area (Å²) in [5.74, 6) is 0.913. The first-order valence-electron chi connectivity index (χ1n) is 7.38. The molecule has 2 aliphatic rings. The lowest BCUT2D eigenvalue weighted by Crippen LogP contribution is -2.44. The maximum atomic E-state index is 4.62. The van der Waals surface area contributed by atoms with Gasteiger partial charge in [-0.2, -0.15) is 5.10 Å². The third-order valence-electron chi connectivity index (χ3n) is 4.62. The first-order chi connectivity index (χ1) is 9.81. The molecule has 2 aromatic heterocycles. The second kappa shape index (κ2) is 4.58. The fourth-order valence-electron chi connectivity index (χ4n) is 3.75. The maximum Gasteiger partial charge on any atom is 0.226 e. The lowest BCUT2D eigenvalue weighted by Gasteiger charge is -2.39. The molecule has 4 rings (SSSR count). The quantitative estimate of drug-likeness (QED) is 0.839. The summed E-state index contributed by atoms with van der Waals surface area (Å²) in [7, 11) is 0. The van der Waals surface area contributed by atoms with E-state index in [2.05, 4.69) is 30.8 Å². The minimum absolute atomic E-state index is 0.531. The van der Waals surface area contributed by atoms with Crippen LogP contribution in [0.3, 0.4) is 0 Å². The summed E-state index contributed by atoms with van der Waals surface area (Å²) in [4.78, 5) is 11.6. The van der Waals surface area contributed by atoms with E-state index in [1.54, 1.807) is 0 Å². The highest BCUT2D eigenvalue weighted by atomic mass is 15.3. The average molecular weight is 269 g/mol. The Labute approximate surface area is 118 Å². The van der Waals surface area contributed by atoms with Crippen LogP contribution in [0.15, 0.2) is 30.7 Å². The number of fused-ring (bicyclic) bond motifs is 2. The van der Waals surface area contributed by atoms with Crippen molar-refractivity contribution in [3.63, 3.8) is 0 Å². The topological polar surface area (TPSA) is 46.8 Å². The van der Waals surface area contributed by atoms with Gasteiger partial charge in [0.05, 0.1) is 6.04 Å². The molecule has 2 unspecified atom stereocenters. The Bertz CT molecular complexity index is 580. The molecule has 5 nitrogen and oxygen atoms in total. The van der Waals surface area contributed by atoms with Crippen LogP contribution in [-0.2, 0) is 0 Å². The zero-order valence-electron chi connectivity index (χ0n) is 11.7. The van der Waals surface area contributed by atoms with E-state index in [0.717, 1.165) is 24.5 Å². The Kier molecular flexibility index (Phi) is 2.72. The summed E-state index contributed by atoms with van der Waals surface area (Å²) < 4.78 is 2.12. The fourth-order valence-corrected chi connectivity index (χ4v) is 3.75. The maximum absolute atomic E-state index is 4.62. The van der Waals surface area contributed by atoms with Crippen LogP contribution in [0.4, 0.5) is 5.95 Å². The van der Waals surface area contributed by atoms with Gasteiger partial charge < -0.3 is 4.90 Å². The molecule has 0 radical (unpaired) electrons. The molecule has 0 aliphatic carbocycles. The highest BCUT2D eigenvalue weighted by molar-refractivity contribution is 5.37. The van der Waals surface area contributed by atoms with Crippen LogP contribution >= 0.6 is 0 Å². The number of nitrogens with zero attached hydrogens (tertiary/aromatic N) is 5. The van der Waals surface area contributed by atoms with Crippen molar-refractivity contribution in [2.45, 2.75) is 50.7 Å². The van der Waals surface area contributed by atoms with Crippen molar-refractivity contribution in [3.8, 4) is 0 Å². The van der Waals surface area contributed by atoms with Crippen LogP contribution < -0.4 is 4.90 Å². The molecule has 0 N–H and O–H groups in total. The molecular formula is C15H19N5. The molecule has 0 spiro atoms. The first kappa shape index (κ1) is 11.9. The molecule has 2 aromatic rings. The second-order valence-electron chi connectivity index (χ2n) is 5.90. The van der Waals surface area contributed by atoms with E-state index in [1.165, 1.54) is 12.8 Å². The smallest absolute Gasteiger partial charge is 0.226 e. The zero-order valence-corrected chi connectivity index (χ0v) is 11.7. The Balaban J connectivity index is 1.60. The molecule has 2 aliphatic heterocycles. The molecule has 4 heterocycles. The number of anilines is 1. The Morgan fingerprint density at radius 3 is 2.55 bits per heavy atom. The molecule has 0 amide bonds. The van der Waals surface area contributed by atoms with Gasteiger partial charge in [0, 0.05) is 36.4 Å². The summed E-state index contributed by atoms with van der Waals surface area (Å²) in [5, 5.41) is 4.42. The van der Waals surface area contributed by atoms with Gasteiger partial charge in [0.2, 0.25) is 5.95 Å². The lowest BCUT2D eigenvalue weighted by atomic mass is 9.98.